The number of methoxy groups -OCH3 is 2. The van der Waals surface area contributed by atoms with Crippen molar-refractivity contribution in [1.29, 1.82) is 0 Å². The smallest absolute Gasteiger partial charge is 0.333 e. The molecule has 0 radical (unpaired) electrons. The van der Waals surface area contributed by atoms with Crippen molar-refractivity contribution in [3.8, 4) is 17.2 Å². The molecule has 0 N–H and O–H groups in total. The van der Waals surface area contributed by atoms with E-state index in [1.54, 1.807) is 55.5 Å². The van der Waals surface area contributed by atoms with E-state index in [0.717, 1.165) is 36.8 Å². The quantitative estimate of drug-likeness (QED) is 0.0747. The van der Waals surface area contributed by atoms with Crippen molar-refractivity contribution < 1.29 is 42.8 Å². The first kappa shape index (κ1) is 35.0. The van der Waals surface area contributed by atoms with Gasteiger partial charge in [-0.2, -0.15) is 0 Å². The van der Waals surface area contributed by atoms with Gasteiger partial charge in [-0.15, -0.1) is 0 Å². The third-order valence-corrected chi connectivity index (χ3v) is 6.13. The molecule has 0 aliphatic heterocycles. The highest BCUT2D eigenvalue weighted by Gasteiger charge is 2.07. The van der Waals surface area contributed by atoms with Crippen LogP contribution in [-0.2, 0) is 28.6 Å². The molecule has 0 saturated carbocycles. The summed E-state index contributed by atoms with van der Waals surface area (Å²) < 4.78 is 31.8. The zero-order valence-electron chi connectivity index (χ0n) is 24.9. The van der Waals surface area contributed by atoms with Gasteiger partial charge in [0.05, 0.1) is 45.7 Å². The van der Waals surface area contributed by atoms with E-state index in [9.17, 15) is 14.4 Å². The molecule has 2 rings (SSSR count). The zero-order valence-corrected chi connectivity index (χ0v) is 25.7. The van der Waals surface area contributed by atoms with Gasteiger partial charge in [0.25, 0.3) is 0 Å². The van der Waals surface area contributed by atoms with Crippen molar-refractivity contribution in [2.75, 3.05) is 40.6 Å². The van der Waals surface area contributed by atoms with Crippen LogP contribution in [0, 0.1) is 0 Å². The Morgan fingerprint density at radius 3 is 1.95 bits per heavy atom. The first-order valence-electron chi connectivity index (χ1n) is 13.9. The maximum Gasteiger partial charge on any atom is 0.333 e. The van der Waals surface area contributed by atoms with Crippen LogP contribution in [0.2, 0.25) is 5.02 Å². The lowest BCUT2D eigenvalue weighted by molar-refractivity contribution is -0.139. The predicted molar refractivity (Wildman–Crippen MR) is 165 cm³/mol. The molecule has 0 bridgehead atoms. The molecule has 0 unspecified atom stereocenters. The lowest BCUT2D eigenvalue weighted by atomic mass is 10.2. The first-order chi connectivity index (χ1) is 20.7. The van der Waals surface area contributed by atoms with Gasteiger partial charge in [-0.05, 0) is 80.2 Å². The van der Waals surface area contributed by atoms with Crippen molar-refractivity contribution in [2.45, 2.75) is 39.0 Å². The van der Waals surface area contributed by atoms with Gasteiger partial charge in [0.15, 0.2) is 11.5 Å². The second-order valence-electron chi connectivity index (χ2n) is 9.34. The van der Waals surface area contributed by atoms with Crippen LogP contribution in [0.1, 0.15) is 50.2 Å². The normalized spacial score (nSPS) is 10.9. The number of rotatable bonds is 19. The standard InChI is InChI=1S/C33H39ClO9/c1-24(2)33(37)43-19-8-6-5-7-18-40-28-14-10-25(22-27(28)34)13-17-32(36)42-21-9-20-41-29-15-11-26(23-30(29)38-3)12-16-31(35)39-4/h10-17,22-23H,1,5-9,18-21H2,2-4H3/b16-12+,17-13+. The van der Waals surface area contributed by atoms with Crippen LogP contribution in [0.4, 0.5) is 0 Å². The van der Waals surface area contributed by atoms with E-state index in [1.807, 2.05) is 0 Å². The van der Waals surface area contributed by atoms with Gasteiger partial charge in [-0.25, -0.2) is 14.4 Å². The highest BCUT2D eigenvalue weighted by molar-refractivity contribution is 6.32. The molecule has 0 saturated heterocycles. The molecular formula is C33H39ClO9. The molecule has 0 amide bonds. The molecule has 2 aromatic carbocycles. The van der Waals surface area contributed by atoms with Crippen molar-refractivity contribution in [1.82, 2.24) is 0 Å². The molecule has 0 aliphatic rings. The molecule has 232 valence electrons. The van der Waals surface area contributed by atoms with Gasteiger partial charge in [0.2, 0.25) is 0 Å². The van der Waals surface area contributed by atoms with Gasteiger partial charge >= 0.3 is 17.9 Å². The summed E-state index contributed by atoms with van der Waals surface area (Å²) in [4.78, 5) is 34.7. The largest absolute Gasteiger partial charge is 0.493 e. The molecule has 10 heteroatoms. The average molecular weight is 615 g/mol. The Labute approximate surface area is 258 Å². The number of benzene rings is 2. The Kier molecular flexibility index (Phi) is 16.1. The van der Waals surface area contributed by atoms with E-state index in [0.29, 0.717) is 54.1 Å². The number of unbranched alkanes of at least 4 members (excludes halogenated alkanes) is 3. The number of carbonyl (C=O) groups is 3. The molecular weight excluding hydrogens is 576 g/mol. The minimum absolute atomic E-state index is 0.179. The van der Waals surface area contributed by atoms with Crippen LogP contribution in [-0.4, -0.2) is 58.6 Å². The van der Waals surface area contributed by atoms with E-state index in [4.69, 9.17) is 35.3 Å². The Morgan fingerprint density at radius 2 is 1.30 bits per heavy atom. The summed E-state index contributed by atoms with van der Waals surface area (Å²) in [5.74, 6) is 0.327. The number of hydrogen-bond donors (Lipinski definition) is 0. The topological polar surface area (TPSA) is 107 Å². The van der Waals surface area contributed by atoms with Crippen LogP contribution in [0.15, 0.2) is 60.7 Å². The Bertz CT molecular complexity index is 1280. The number of halogens is 1. The number of ether oxygens (including phenoxy) is 6. The van der Waals surface area contributed by atoms with E-state index >= 15 is 0 Å². The second kappa shape index (κ2) is 19.8. The number of esters is 3. The van der Waals surface area contributed by atoms with E-state index in [1.165, 1.54) is 26.4 Å². The Balaban J connectivity index is 1.65. The van der Waals surface area contributed by atoms with Crippen molar-refractivity contribution in [2.24, 2.45) is 0 Å². The highest BCUT2D eigenvalue weighted by atomic mass is 35.5. The van der Waals surface area contributed by atoms with Gasteiger partial charge < -0.3 is 28.4 Å². The SMILES string of the molecule is C=C(C)C(=O)OCCCCCCOc1ccc(/C=C/C(=O)OCCCOc2ccc(/C=C/C(=O)OC)cc2OC)cc1Cl. The summed E-state index contributed by atoms with van der Waals surface area (Å²) in [6.07, 6.45) is 9.87. The lowest BCUT2D eigenvalue weighted by Crippen LogP contribution is -2.07. The summed E-state index contributed by atoms with van der Waals surface area (Å²) in [5.41, 5.74) is 1.89. The minimum Gasteiger partial charge on any atom is -0.493 e. The fourth-order valence-electron chi connectivity index (χ4n) is 3.53. The Morgan fingerprint density at radius 1 is 0.721 bits per heavy atom. The van der Waals surface area contributed by atoms with Crippen molar-refractivity contribution >= 4 is 41.7 Å². The molecule has 0 spiro atoms. The molecule has 0 atom stereocenters. The van der Waals surface area contributed by atoms with Gasteiger partial charge in [-0.1, -0.05) is 30.3 Å². The Hall–Kier alpha value is -4.24. The maximum absolute atomic E-state index is 12.1. The second-order valence-corrected chi connectivity index (χ2v) is 9.75. The summed E-state index contributed by atoms with van der Waals surface area (Å²) in [6, 6.07) is 10.5. The zero-order chi connectivity index (χ0) is 31.5. The number of hydrogen-bond acceptors (Lipinski definition) is 9. The third kappa shape index (κ3) is 14.0. The van der Waals surface area contributed by atoms with Gasteiger partial charge in [-0.3, -0.25) is 0 Å². The van der Waals surface area contributed by atoms with Crippen molar-refractivity contribution in [3.05, 3.63) is 76.9 Å². The lowest BCUT2D eigenvalue weighted by Gasteiger charge is -2.11. The maximum atomic E-state index is 12.1. The van der Waals surface area contributed by atoms with E-state index < -0.39 is 11.9 Å². The van der Waals surface area contributed by atoms with Gasteiger partial charge in [0, 0.05) is 24.1 Å². The molecule has 0 fully saturated rings. The highest BCUT2D eigenvalue weighted by Crippen LogP contribution is 2.29. The van der Waals surface area contributed by atoms with Crippen LogP contribution in [0.5, 0.6) is 17.2 Å². The summed E-state index contributed by atoms with van der Waals surface area (Å²) in [6.45, 7) is 6.57. The summed E-state index contributed by atoms with van der Waals surface area (Å²) in [5, 5.41) is 0.447. The van der Waals surface area contributed by atoms with Crippen LogP contribution < -0.4 is 14.2 Å². The molecule has 0 heterocycles. The average Bonchev–Trinajstić information content (AvgIpc) is 3.00. The van der Waals surface area contributed by atoms with E-state index in [-0.39, 0.29) is 12.6 Å². The predicted octanol–water partition coefficient (Wildman–Crippen LogP) is 6.62. The molecule has 2 aromatic rings. The third-order valence-electron chi connectivity index (χ3n) is 5.84. The molecule has 0 aromatic heterocycles. The van der Waals surface area contributed by atoms with E-state index in [2.05, 4.69) is 11.3 Å². The van der Waals surface area contributed by atoms with Gasteiger partial charge in [0.1, 0.15) is 5.75 Å². The summed E-state index contributed by atoms with van der Waals surface area (Å²) >= 11 is 6.34. The van der Waals surface area contributed by atoms with Crippen molar-refractivity contribution in [3.63, 3.8) is 0 Å². The van der Waals surface area contributed by atoms with Crippen LogP contribution in [0.3, 0.4) is 0 Å². The first-order valence-corrected chi connectivity index (χ1v) is 14.3. The minimum atomic E-state index is -0.481. The molecule has 9 nitrogen and oxygen atoms in total. The van der Waals surface area contributed by atoms with Crippen LogP contribution >= 0.6 is 11.6 Å². The fraction of sp³-hybridized carbons (Fsp3) is 0.364. The molecule has 0 aliphatic carbocycles. The van der Waals surface area contributed by atoms with Crippen LogP contribution in [0.25, 0.3) is 12.2 Å². The monoisotopic (exact) mass is 614 g/mol. The summed E-state index contributed by atoms with van der Waals surface area (Å²) in [7, 11) is 2.84. The fourth-order valence-corrected chi connectivity index (χ4v) is 3.77. The molecule has 43 heavy (non-hydrogen) atoms. The number of carbonyl (C=O) groups excluding carboxylic acids is 3.